The highest BCUT2D eigenvalue weighted by Crippen LogP contribution is 2.25. The first-order chi connectivity index (χ1) is 4.86. The Morgan fingerprint density at radius 1 is 1.50 bits per heavy atom. The second kappa shape index (κ2) is 2.01. The van der Waals surface area contributed by atoms with E-state index in [9.17, 15) is 0 Å². The third-order valence-corrected chi connectivity index (χ3v) is 2.03. The number of nitrogens with zero attached hydrogens (tertiary/aromatic N) is 1. The van der Waals surface area contributed by atoms with Gasteiger partial charge < -0.3 is 4.90 Å². The van der Waals surface area contributed by atoms with Gasteiger partial charge in [0, 0.05) is 25.7 Å². The third-order valence-electron chi connectivity index (χ3n) is 2.03. The summed E-state index contributed by atoms with van der Waals surface area (Å²) >= 11 is 0. The SMILES string of the molecule is CN1C=C2C=CC=CC2C1. The van der Waals surface area contributed by atoms with Crippen molar-refractivity contribution in [3.8, 4) is 0 Å². The van der Waals surface area contributed by atoms with Crippen molar-refractivity contribution in [3.63, 3.8) is 0 Å². The van der Waals surface area contributed by atoms with Crippen molar-refractivity contribution in [2.75, 3.05) is 13.6 Å². The summed E-state index contributed by atoms with van der Waals surface area (Å²) in [7, 11) is 2.12. The van der Waals surface area contributed by atoms with Crippen LogP contribution in [-0.2, 0) is 0 Å². The summed E-state index contributed by atoms with van der Waals surface area (Å²) in [5, 5.41) is 0. The molecule has 10 heavy (non-hydrogen) atoms. The predicted molar refractivity (Wildman–Crippen MR) is 42.5 cm³/mol. The van der Waals surface area contributed by atoms with Gasteiger partial charge in [-0.25, -0.2) is 0 Å². The fourth-order valence-electron chi connectivity index (χ4n) is 1.52. The molecule has 0 fully saturated rings. The van der Waals surface area contributed by atoms with Crippen molar-refractivity contribution < 1.29 is 0 Å². The van der Waals surface area contributed by atoms with Gasteiger partial charge in [-0.1, -0.05) is 24.3 Å². The van der Waals surface area contributed by atoms with Gasteiger partial charge in [0.25, 0.3) is 0 Å². The van der Waals surface area contributed by atoms with Gasteiger partial charge in [-0.15, -0.1) is 0 Å². The van der Waals surface area contributed by atoms with Crippen LogP contribution in [-0.4, -0.2) is 18.5 Å². The molecule has 1 heterocycles. The Morgan fingerprint density at radius 2 is 2.40 bits per heavy atom. The molecule has 0 saturated carbocycles. The van der Waals surface area contributed by atoms with Crippen LogP contribution >= 0.6 is 0 Å². The highest BCUT2D eigenvalue weighted by molar-refractivity contribution is 5.35. The van der Waals surface area contributed by atoms with E-state index in [1.54, 1.807) is 0 Å². The van der Waals surface area contributed by atoms with E-state index in [-0.39, 0.29) is 0 Å². The topological polar surface area (TPSA) is 3.24 Å². The number of fused-ring (bicyclic) bond motifs is 1. The Balaban J connectivity index is 2.29. The first-order valence-electron chi connectivity index (χ1n) is 3.63. The molecule has 0 bridgehead atoms. The van der Waals surface area contributed by atoms with Crippen molar-refractivity contribution in [2.24, 2.45) is 5.92 Å². The number of rotatable bonds is 0. The van der Waals surface area contributed by atoms with Gasteiger partial charge in [0.2, 0.25) is 0 Å². The van der Waals surface area contributed by atoms with Crippen LogP contribution < -0.4 is 0 Å². The zero-order chi connectivity index (χ0) is 6.97. The quantitative estimate of drug-likeness (QED) is 0.484. The normalized spacial score (nSPS) is 28.7. The predicted octanol–water partition coefficient (Wildman–Crippen LogP) is 1.56. The average Bonchev–Trinajstić information content (AvgIpc) is 2.27. The lowest BCUT2D eigenvalue weighted by Crippen LogP contribution is -2.11. The highest BCUT2D eigenvalue weighted by atomic mass is 15.1. The monoisotopic (exact) mass is 133 g/mol. The van der Waals surface area contributed by atoms with Gasteiger partial charge in [0.15, 0.2) is 0 Å². The molecule has 0 aromatic heterocycles. The minimum Gasteiger partial charge on any atom is -0.379 e. The van der Waals surface area contributed by atoms with E-state index >= 15 is 0 Å². The lowest BCUT2D eigenvalue weighted by atomic mass is 9.98. The van der Waals surface area contributed by atoms with Gasteiger partial charge >= 0.3 is 0 Å². The van der Waals surface area contributed by atoms with Crippen LogP contribution in [0.1, 0.15) is 0 Å². The van der Waals surface area contributed by atoms with E-state index < -0.39 is 0 Å². The van der Waals surface area contributed by atoms with Crippen LogP contribution in [0.3, 0.4) is 0 Å². The zero-order valence-corrected chi connectivity index (χ0v) is 6.12. The standard InChI is InChI=1S/C9H11N/c1-10-6-8-4-2-3-5-9(8)7-10/h2-6,9H,7H2,1H3. The van der Waals surface area contributed by atoms with E-state index in [0.29, 0.717) is 5.92 Å². The molecule has 0 N–H and O–H groups in total. The van der Waals surface area contributed by atoms with Gasteiger partial charge in [-0.05, 0) is 5.57 Å². The Morgan fingerprint density at radius 3 is 3.20 bits per heavy atom. The molecule has 2 aliphatic rings. The molecular formula is C9H11N. The third kappa shape index (κ3) is 0.783. The molecule has 0 spiro atoms. The van der Waals surface area contributed by atoms with Gasteiger partial charge in [0.1, 0.15) is 0 Å². The second-order valence-electron chi connectivity index (χ2n) is 2.92. The Bertz CT molecular complexity index is 223. The van der Waals surface area contributed by atoms with Crippen molar-refractivity contribution in [1.29, 1.82) is 0 Å². The number of hydrogen-bond donors (Lipinski definition) is 0. The van der Waals surface area contributed by atoms with Crippen molar-refractivity contribution in [1.82, 2.24) is 4.90 Å². The molecule has 0 aromatic rings. The van der Waals surface area contributed by atoms with Crippen LogP contribution in [0, 0.1) is 5.92 Å². The minimum atomic E-state index is 0.662. The molecule has 0 saturated heterocycles. The maximum absolute atomic E-state index is 2.26. The molecular weight excluding hydrogens is 122 g/mol. The van der Waals surface area contributed by atoms with Gasteiger partial charge in [0.05, 0.1) is 0 Å². The molecule has 1 aliphatic heterocycles. The molecule has 1 heteroatoms. The molecule has 1 aliphatic carbocycles. The number of allylic oxidation sites excluding steroid dienone is 3. The molecule has 1 unspecified atom stereocenters. The molecule has 0 amide bonds. The maximum Gasteiger partial charge on any atom is 0.0273 e. The summed E-state index contributed by atoms with van der Waals surface area (Å²) in [6, 6.07) is 0. The van der Waals surface area contributed by atoms with Crippen LogP contribution in [0.15, 0.2) is 36.1 Å². The van der Waals surface area contributed by atoms with Crippen LogP contribution in [0.4, 0.5) is 0 Å². The highest BCUT2D eigenvalue weighted by Gasteiger charge is 2.18. The largest absolute Gasteiger partial charge is 0.379 e. The molecule has 52 valence electrons. The lowest BCUT2D eigenvalue weighted by molar-refractivity contribution is 0.465. The summed E-state index contributed by atoms with van der Waals surface area (Å²) in [6.45, 7) is 1.15. The van der Waals surface area contributed by atoms with Crippen LogP contribution in [0.25, 0.3) is 0 Å². The van der Waals surface area contributed by atoms with Crippen LogP contribution in [0.2, 0.25) is 0 Å². The molecule has 2 rings (SSSR count). The fraction of sp³-hybridized carbons (Fsp3) is 0.333. The van der Waals surface area contributed by atoms with Crippen molar-refractivity contribution >= 4 is 0 Å². The summed E-state index contributed by atoms with van der Waals surface area (Å²) in [4.78, 5) is 2.24. The number of hydrogen-bond acceptors (Lipinski definition) is 1. The molecule has 0 aromatic carbocycles. The zero-order valence-electron chi connectivity index (χ0n) is 6.12. The molecule has 1 atom stereocenters. The van der Waals surface area contributed by atoms with E-state index in [1.807, 2.05) is 0 Å². The fourth-order valence-corrected chi connectivity index (χ4v) is 1.52. The molecule has 1 nitrogen and oxygen atoms in total. The van der Waals surface area contributed by atoms with Gasteiger partial charge in [-0.3, -0.25) is 0 Å². The summed E-state index contributed by atoms with van der Waals surface area (Å²) < 4.78 is 0. The second-order valence-corrected chi connectivity index (χ2v) is 2.92. The summed E-state index contributed by atoms with van der Waals surface area (Å²) in [6.07, 6.45) is 10.9. The van der Waals surface area contributed by atoms with E-state index in [1.165, 1.54) is 5.57 Å². The Hall–Kier alpha value is -0.980. The van der Waals surface area contributed by atoms with E-state index in [2.05, 4.69) is 42.5 Å². The molecule has 0 radical (unpaired) electrons. The summed E-state index contributed by atoms with van der Waals surface area (Å²) in [5.74, 6) is 0.662. The first-order valence-corrected chi connectivity index (χ1v) is 3.63. The van der Waals surface area contributed by atoms with Crippen molar-refractivity contribution in [2.45, 2.75) is 0 Å². The lowest BCUT2D eigenvalue weighted by Gasteiger charge is -2.10. The Kier molecular flexibility index (Phi) is 1.16. The minimum absolute atomic E-state index is 0.662. The van der Waals surface area contributed by atoms with E-state index in [4.69, 9.17) is 0 Å². The van der Waals surface area contributed by atoms with E-state index in [0.717, 1.165) is 6.54 Å². The smallest absolute Gasteiger partial charge is 0.0273 e. The van der Waals surface area contributed by atoms with Crippen LogP contribution in [0.5, 0.6) is 0 Å². The van der Waals surface area contributed by atoms with Gasteiger partial charge in [-0.2, -0.15) is 0 Å². The average molecular weight is 133 g/mol. The van der Waals surface area contributed by atoms with Crippen molar-refractivity contribution in [3.05, 3.63) is 36.1 Å². The maximum atomic E-state index is 2.26. The first kappa shape index (κ1) is 5.78. The Labute approximate surface area is 61.3 Å². The summed E-state index contributed by atoms with van der Waals surface area (Å²) in [5.41, 5.74) is 1.45.